The van der Waals surface area contributed by atoms with E-state index in [1.807, 2.05) is 13.0 Å². The molecule has 112 valence electrons. The lowest BCUT2D eigenvalue weighted by Gasteiger charge is -2.11. The van der Waals surface area contributed by atoms with E-state index in [1.54, 1.807) is 0 Å². The zero-order valence-corrected chi connectivity index (χ0v) is 12.7. The molecule has 0 aromatic heterocycles. The molecule has 0 bridgehead atoms. The Morgan fingerprint density at radius 3 is 2.70 bits per heavy atom. The molecule has 4 nitrogen and oxygen atoms in total. The molecule has 20 heavy (non-hydrogen) atoms. The van der Waals surface area contributed by atoms with Crippen LogP contribution < -0.4 is 10.1 Å². The van der Waals surface area contributed by atoms with E-state index in [2.05, 4.69) is 24.4 Å². The second-order valence-corrected chi connectivity index (χ2v) is 4.79. The van der Waals surface area contributed by atoms with Gasteiger partial charge in [-0.1, -0.05) is 19.1 Å². The average molecular weight is 279 g/mol. The maximum absolute atomic E-state index is 10.7. The number of amides is 1. The van der Waals surface area contributed by atoms with Crippen LogP contribution in [-0.2, 0) is 16.0 Å². The molecule has 1 rings (SSSR count). The molecule has 0 aliphatic carbocycles. The minimum absolute atomic E-state index is 0.0345. The van der Waals surface area contributed by atoms with Crippen LogP contribution in [0.4, 0.5) is 0 Å². The van der Waals surface area contributed by atoms with Crippen LogP contribution in [0.25, 0.3) is 0 Å². The number of rotatable bonds is 9. The molecule has 1 N–H and O–H groups in total. The van der Waals surface area contributed by atoms with E-state index in [0.29, 0.717) is 13.2 Å². The summed E-state index contributed by atoms with van der Waals surface area (Å²) < 4.78 is 11.1. The molecule has 0 spiro atoms. The summed E-state index contributed by atoms with van der Waals surface area (Å²) in [6.07, 6.45) is 1.98. The number of carbonyl (C=O) groups excluding carboxylic acids is 1. The Morgan fingerprint density at radius 2 is 2.05 bits per heavy atom. The van der Waals surface area contributed by atoms with Crippen molar-refractivity contribution in [2.75, 3.05) is 26.4 Å². The van der Waals surface area contributed by atoms with Gasteiger partial charge in [-0.3, -0.25) is 4.79 Å². The standard InChI is InChI=1S/C16H25NO3/c1-4-9-19-10-7-15-5-6-16(13(2)12-15)20-11-8-17-14(3)18/h5-6,12H,4,7-11H2,1-3H3,(H,17,18). The van der Waals surface area contributed by atoms with E-state index in [-0.39, 0.29) is 5.91 Å². The highest BCUT2D eigenvalue weighted by molar-refractivity contribution is 5.72. The average Bonchev–Trinajstić information content (AvgIpc) is 2.41. The molecule has 4 heteroatoms. The molecule has 1 aromatic rings. The van der Waals surface area contributed by atoms with Crippen molar-refractivity contribution in [1.29, 1.82) is 0 Å². The molecule has 0 heterocycles. The van der Waals surface area contributed by atoms with Crippen LogP contribution in [-0.4, -0.2) is 32.3 Å². The molecule has 0 atom stereocenters. The van der Waals surface area contributed by atoms with Crippen molar-refractivity contribution >= 4 is 5.91 Å². The third-order valence-corrected chi connectivity index (χ3v) is 2.86. The van der Waals surface area contributed by atoms with E-state index in [1.165, 1.54) is 12.5 Å². The predicted octanol–water partition coefficient (Wildman–Crippen LogP) is 2.48. The molecular formula is C16H25NO3. The number of aryl methyl sites for hydroxylation is 1. The molecule has 0 radical (unpaired) electrons. The fourth-order valence-electron chi connectivity index (χ4n) is 1.85. The van der Waals surface area contributed by atoms with E-state index < -0.39 is 0 Å². The van der Waals surface area contributed by atoms with Crippen molar-refractivity contribution in [3.8, 4) is 5.75 Å². The largest absolute Gasteiger partial charge is 0.491 e. The highest BCUT2D eigenvalue weighted by Crippen LogP contribution is 2.19. The van der Waals surface area contributed by atoms with Crippen molar-refractivity contribution in [2.24, 2.45) is 0 Å². The minimum Gasteiger partial charge on any atom is -0.491 e. The minimum atomic E-state index is -0.0345. The predicted molar refractivity (Wildman–Crippen MR) is 80.2 cm³/mol. The first-order valence-electron chi connectivity index (χ1n) is 7.18. The highest BCUT2D eigenvalue weighted by atomic mass is 16.5. The van der Waals surface area contributed by atoms with E-state index in [9.17, 15) is 4.79 Å². The Hall–Kier alpha value is -1.55. The van der Waals surface area contributed by atoms with Crippen LogP contribution >= 0.6 is 0 Å². The fourth-order valence-corrected chi connectivity index (χ4v) is 1.85. The molecule has 0 aliphatic rings. The van der Waals surface area contributed by atoms with Crippen LogP contribution in [0.3, 0.4) is 0 Å². The van der Waals surface area contributed by atoms with Crippen molar-refractivity contribution in [1.82, 2.24) is 5.32 Å². The van der Waals surface area contributed by atoms with E-state index in [0.717, 1.165) is 37.4 Å². The summed E-state index contributed by atoms with van der Waals surface area (Å²) in [7, 11) is 0. The summed E-state index contributed by atoms with van der Waals surface area (Å²) in [4.78, 5) is 10.7. The fraction of sp³-hybridized carbons (Fsp3) is 0.562. The maximum Gasteiger partial charge on any atom is 0.216 e. The van der Waals surface area contributed by atoms with Crippen LogP contribution in [0, 0.1) is 6.92 Å². The van der Waals surface area contributed by atoms with Gasteiger partial charge >= 0.3 is 0 Å². The highest BCUT2D eigenvalue weighted by Gasteiger charge is 2.02. The Labute approximate surface area is 121 Å². The zero-order chi connectivity index (χ0) is 14.8. The number of ether oxygens (including phenoxy) is 2. The molecular weight excluding hydrogens is 254 g/mol. The lowest BCUT2D eigenvalue weighted by Crippen LogP contribution is -2.25. The Morgan fingerprint density at radius 1 is 1.25 bits per heavy atom. The topological polar surface area (TPSA) is 47.6 Å². The van der Waals surface area contributed by atoms with Gasteiger partial charge in [-0.05, 0) is 37.0 Å². The second kappa shape index (κ2) is 9.37. The van der Waals surface area contributed by atoms with Gasteiger partial charge in [0, 0.05) is 13.5 Å². The first kappa shape index (κ1) is 16.5. The van der Waals surface area contributed by atoms with Crippen molar-refractivity contribution in [3.05, 3.63) is 29.3 Å². The number of nitrogens with one attached hydrogen (secondary N) is 1. The van der Waals surface area contributed by atoms with E-state index in [4.69, 9.17) is 9.47 Å². The van der Waals surface area contributed by atoms with Crippen LogP contribution in [0.2, 0.25) is 0 Å². The molecule has 0 fully saturated rings. The lowest BCUT2D eigenvalue weighted by atomic mass is 10.1. The summed E-state index contributed by atoms with van der Waals surface area (Å²) in [5.74, 6) is 0.835. The summed E-state index contributed by atoms with van der Waals surface area (Å²) in [6.45, 7) is 8.24. The van der Waals surface area contributed by atoms with Gasteiger partial charge in [0.15, 0.2) is 0 Å². The molecule has 0 aliphatic heterocycles. The number of benzene rings is 1. The summed E-state index contributed by atoms with van der Waals surface area (Å²) >= 11 is 0. The Balaban J connectivity index is 2.36. The Bertz CT molecular complexity index is 418. The van der Waals surface area contributed by atoms with Gasteiger partial charge < -0.3 is 14.8 Å². The van der Waals surface area contributed by atoms with Gasteiger partial charge in [-0.2, -0.15) is 0 Å². The molecule has 1 aromatic carbocycles. The summed E-state index contributed by atoms with van der Waals surface area (Å²) in [5.41, 5.74) is 2.37. The Kier molecular flexibility index (Phi) is 7.73. The molecule has 0 unspecified atom stereocenters. The quantitative estimate of drug-likeness (QED) is 0.706. The smallest absolute Gasteiger partial charge is 0.216 e. The zero-order valence-electron chi connectivity index (χ0n) is 12.7. The molecule has 1 amide bonds. The van der Waals surface area contributed by atoms with Gasteiger partial charge in [0.25, 0.3) is 0 Å². The van der Waals surface area contributed by atoms with Crippen LogP contribution in [0.15, 0.2) is 18.2 Å². The second-order valence-electron chi connectivity index (χ2n) is 4.79. The van der Waals surface area contributed by atoms with Crippen LogP contribution in [0.1, 0.15) is 31.4 Å². The van der Waals surface area contributed by atoms with Gasteiger partial charge in [0.1, 0.15) is 12.4 Å². The molecule has 0 saturated carbocycles. The monoisotopic (exact) mass is 279 g/mol. The van der Waals surface area contributed by atoms with Gasteiger partial charge in [-0.15, -0.1) is 0 Å². The van der Waals surface area contributed by atoms with Crippen molar-refractivity contribution < 1.29 is 14.3 Å². The van der Waals surface area contributed by atoms with Gasteiger partial charge in [0.2, 0.25) is 5.91 Å². The third-order valence-electron chi connectivity index (χ3n) is 2.86. The van der Waals surface area contributed by atoms with Gasteiger partial charge in [-0.25, -0.2) is 0 Å². The van der Waals surface area contributed by atoms with Crippen LogP contribution in [0.5, 0.6) is 5.75 Å². The lowest BCUT2D eigenvalue weighted by molar-refractivity contribution is -0.119. The normalized spacial score (nSPS) is 10.3. The number of hydrogen-bond donors (Lipinski definition) is 1. The summed E-state index contributed by atoms with van der Waals surface area (Å²) in [6, 6.07) is 6.18. The van der Waals surface area contributed by atoms with Crippen molar-refractivity contribution in [2.45, 2.75) is 33.6 Å². The third kappa shape index (κ3) is 6.57. The molecule has 0 saturated heterocycles. The van der Waals surface area contributed by atoms with Crippen molar-refractivity contribution in [3.63, 3.8) is 0 Å². The van der Waals surface area contributed by atoms with Gasteiger partial charge in [0.05, 0.1) is 13.2 Å². The SMILES string of the molecule is CCCOCCc1ccc(OCCNC(C)=O)c(C)c1. The summed E-state index contributed by atoms with van der Waals surface area (Å²) in [5, 5.41) is 2.71. The first-order chi connectivity index (χ1) is 9.63. The maximum atomic E-state index is 10.7. The number of hydrogen-bond acceptors (Lipinski definition) is 3. The number of carbonyl (C=O) groups is 1. The first-order valence-corrected chi connectivity index (χ1v) is 7.18. The van der Waals surface area contributed by atoms with E-state index >= 15 is 0 Å².